The van der Waals surface area contributed by atoms with Crippen LogP contribution in [0.25, 0.3) is 6.08 Å². The summed E-state index contributed by atoms with van der Waals surface area (Å²) in [5, 5.41) is 0.126. The van der Waals surface area contributed by atoms with E-state index in [4.69, 9.17) is 17.0 Å². The van der Waals surface area contributed by atoms with Crippen molar-refractivity contribution in [3.8, 4) is 5.75 Å². The summed E-state index contributed by atoms with van der Waals surface area (Å²) in [6.07, 6.45) is 1.59. The molecule has 1 aliphatic heterocycles. The Hall–Kier alpha value is -3.77. The van der Waals surface area contributed by atoms with Gasteiger partial charge in [0.15, 0.2) is 5.11 Å². The van der Waals surface area contributed by atoms with Crippen molar-refractivity contribution < 1.29 is 14.3 Å². The van der Waals surface area contributed by atoms with Crippen LogP contribution in [0.3, 0.4) is 0 Å². The van der Waals surface area contributed by atoms with Crippen molar-refractivity contribution in [3.63, 3.8) is 0 Å². The van der Waals surface area contributed by atoms with Gasteiger partial charge in [-0.05, 0) is 85.2 Å². The molecule has 0 atom stereocenters. The summed E-state index contributed by atoms with van der Waals surface area (Å²) >= 11 is 5.66. The minimum Gasteiger partial charge on any atom is -0.497 e. The summed E-state index contributed by atoms with van der Waals surface area (Å²) < 4.78 is 5.20. The van der Waals surface area contributed by atoms with Crippen molar-refractivity contribution in [2.75, 3.05) is 16.9 Å². The molecule has 5 nitrogen and oxygen atoms in total. The molecule has 4 rings (SSSR count). The highest BCUT2D eigenvalue weighted by Gasteiger charge is 2.41. The zero-order valence-corrected chi connectivity index (χ0v) is 18.8. The maximum Gasteiger partial charge on any atom is 0.270 e. The molecule has 3 aromatic carbocycles. The second-order valence-corrected chi connectivity index (χ2v) is 7.86. The van der Waals surface area contributed by atoms with E-state index in [0.29, 0.717) is 22.7 Å². The fourth-order valence-corrected chi connectivity index (χ4v) is 3.87. The van der Waals surface area contributed by atoms with Gasteiger partial charge in [0, 0.05) is 0 Å². The van der Waals surface area contributed by atoms with Gasteiger partial charge in [-0.2, -0.15) is 0 Å². The van der Waals surface area contributed by atoms with Gasteiger partial charge in [0.2, 0.25) is 0 Å². The molecule has 1 saturated heterocycles. The Kier molecular flexibility index (Phi) is 5.88. The van der Waals surface area contributed by atoms with Crippen LogP contribution in [0.4, 0.5) is 11.4 Å². The Morgan fingerprint density at radius 1 is 0.781 bits per heavy atom. The highest BCUT2D eigenvalue weighted by molar-refractivity contribution is 7.81. The molecule has 32 heavy (non-hydrogen) atoms. The molecular formula is C26H22N2O3S. The number of thiocarbonyl (C=S) groups is 1. The van der Waals surface area contributed by atoms with E-state index >= 15 is 0 Å². The highest BCUT2D eigenvalue weighted by Crippen LogP contribution is 2.31. The van der Waals surface area contributed by atoms with E-state index < -0.39 is 11.8 Å². The molecule has 0 unspecified atom stereocenters. The van der Waals surface area contributed by atoms with Crippen LogP contribution in [0, 0.1) is 13.8 Å². The molecule has 3 aromatic rings. The Morgan fingerprint density at radius 2 is 1.41 bits per heavy atom. The summed E-state index contributed by atoms with van der Waals surface area (Å²) in [5.41, 5.74) is 4.10. The van der Waals surface area contributed by atoms with Gasteiger partial charge in [-0.25, -0.2) is 0 Å². The Morgan fingerprint density at radius 3 is 2.00 bits per heavy atom. The minimum absolute atomic E-state index is 0.0332. The van der Waals surface area contributed by atoms with Crippen molar-refractivity contribution in [2.45, 2.75) is 13.8 Å². The molecule has 6 heteroatoms. The van der Waals surface area contributed by atoms with Crippen LogP contribution in [-0.2, 0) is 9.59 Å². The molecule has 1 aliphatic rings. The van der Waals surface area contributed by atoms with Crippen molar-refractivity contribution in [1.29, 1.82) is 0 Å². The molecule has 160 valence electrons. The number of hydrogen-bond donors (Lipinski definition) is 0. The zero-order valence-electron chi connectivity index (χ0n) is 18.0. The van der Waals surface area contributed by atoms with E-state index in [0.717, 1.165) is 11.1 Å². The number of nitrogens with zero attached hydrogens (tertiary/aromatic N) is 2. The van der Waals surface area contributed by atoms with E-state index in [9.17, 15) is 9.59 Å². The quantitative estimate of drug-likeness (QED) is 0.322. The SMILES string of the molecule is COc1ccc(/C=C2\C(=O)N(c3ccccc3)C(=S)N(c3ccc(C)c(C)c3)C2=O)cc1. The monoisotopic (exact) mass is 442 g/mol. The predicted octanol–water partition coefficient (Wildman–Crippen LogP) is 5.06. The van der Waals surface area contributed by atoms with Crippen LogP contribution >= 0.6 is 12.2 Å². The van der Waals surface area contributed by atoms with Crippen molar-refractivity contribution >= 4 is 46.6 Å². The summed E-state index contributed by atoms with van der Waals surface area (Å²) in [7, 11) is 1.59. The lowest BCUT2D eigenvalue weighted by molar-refractivity contribution is -0.120. The lowest BCUT2D eigenvalue weighted by Crippen LogP contribution is -2.57. The number of aryl methyl sites for hydroxylation is 2. The van der Waals surface area contributed by atoms with Crippen LogP contribution in [0.2, 0.25) is 0 Å². The highest BCUT2D eigenvalue weighted by atomic mass is 32.1. The molecule has 0 spiro atoms. The molecular weight excluding hydrogens is 420 g/mol. The summed E-state index contributed by atoms with van der Waals surface area (Å²) in [6, 6.07) is 22.0. The summed E-state index contributed by atoms with van der Waals surface area (Å²) in [5.74, 6) is -0.217. The van der Waals surface area contributed by atoms with Gasteiger partial charge >= 0.3 is 0 Å². The fraction of sp³-hybridized carbons (Fsp3) is 0.115. The molecule has 1 heterocycles. The number of carbonyl (C=O) groups excluding carboxylic acids is 2. The first-order valence-corrected chi connectivity index (χ1v) is 10.5. The van der Waals surface area contributed by atoms with E-state index in [-0.39, 0.29) is 10.7 Å². The van der Waals surface area contributed by atoms with Crippen molar-refractivity contribution in [1.82, 2.24) is 0 Å². The number of amides is 2. The number of hydrogen-bond acceptors (Lipinski definition) is 4. The first kappa shape index (κ1) is 21.5. The summed E-state index contributed by atoms with van der Waals surface area (Å²) in [6.45, 7) is 3.98. The molecule has 0 radical (unpaired) electrons. The van der Waals surface area contributed by atoms with Gasteiger partial charge in [-0.3, -0.25) is 19.4 Å². The average Bonchev–Trinajstić information content (AvgIpc) is 2.80. The molecule has 0 bridgehead atoms. The van der Waals surface area contributed by atoms with E-state index in [1.807, 2.05) is 50.2 Å². The van der Waals surface area contributed by atoms with Gasteiger partial charge in [0.1, 0.15) is 11.3 Å². The van der Waals surface area contributed by atoms with Gasteiger partial charge in [-0.15, -0.1) is 0 Å². The molecule has 0 aliphatic carbocycles. The first-order chi connectivity index (χ1) is 15.4. The number of ether oxygens (including phenoxy) is 1. The second kappa shape index (κ2) is 8.77. The predicted molar refractivity (Wildman–Crippen MR) is 131 cm³/mol. The summed E-state index contributed by atoms with van der Waals surface area (Å²) in [4.78, 5) is 29.8. The smallest absolute Gasteiger partial charge is 0.270 e. The van der Waals surface area contributed by atoms with E-state index in [1.54, 1.807) is 49.6 Å². The van der Waals surface area contributed by atoms with Crippen molar-refractivity contribution in [3.05, 3.63) is 95.1 Å². The molecule has 0 N–H and O–H groups in total. The topological polar surface area (TPSA) is 49.9 Å². The second-order valence-electron chi connectivity index (χ2n) is 7.50. The van der Waals surface area contributed by atoms with Gasteiger partial charge in [0.25, 0.3) is 11.8 Å². The van der Waals surface area contributed by atoms with Gasteiger partial charge in [0.05, 0.1) is 18.5 Å². The zero-order chi connectivity index (χ0) is 22.8. The Bertz CT molecular complexity index is 1230. The first-order valence-electron chi connectivity index (χ1n) is 10.1. The van der Waals surface area contributed by atoms with Crippen LogP contribution < -0.4 is 14.5 Å². The van der Waals surface area contributed by atoms with Crippen LogP contribution in [-0.4, -0.2) is 24.0 Å². The van der Waals surface area contributed by atoms with Crippen LogP contribution in [0.5, 0.6) is 5.75 Å². The minimum atomic E-state index is -0.456. The maximum absolute atomic E-state index is 13.5. The number of carbonyl (C=O) groups is 2. The third-order valence-corrected chi connectivity index (χ3v) is 5.80. The molecule has 0 saturated carbocycles. The maximum atomic E-state index is 13.5. The standard InChI is InChI=1S/C26H22N2O3S/c1-17-9-12-21(15-18(17)2)28-25(30)23(16-19-10-13-22(31-3)14-11-19)24(29)27(26(28)32)20-7-5-4-6-8-20/h4-16H,1-3H3/b23-16+. The average molecular weight is 443 g/mol. The van der Waals surface area contributed by atoms with E-state index in [2.05, 4.69) is 0 Å². The molecule has 2 amide bonds. The lowest BCUT2D eigenvalue weighted by atomic mass is 10.0. The number of methoxy groups -OCH3 is 1. The fourth-order valence-electron chi connectivity index (χ4n) is 3.49. The molecule has 0 aromatic heterocycles. The lowest BCUT2D eigenvalue weighted by Gasteiger charge is -2.36. The molecule has 1 fully saturated rings. The number of anilines is 2. The third-order valence-electron chi connectivity index (χ3n) is 5.44. The van der Waals surface area contributed by atoms with Gasteiger partial charge in [-0.1, -0.05) is 36.4 Å². The van der Waals surface area contributed by atoms with Gasteiger partial charge < -0.3 is 4.74 Å². The Labute approximate surface area is 192 Å². The van der Waals surface area contributed by atoms with E-state index in [1.165, 1.54) is 9.80 Å². The number of rotatable bonds is 4. The number of para-hydroxylation sites is 1. The van der Waals surface area contributed by atoms with Crippen LogP contribution in [0.15, 0.2) is 78.4 Å². The van der Waals surface area contributed by atoms with Crippen LogP contribution in [0.1, 0.15) is 16.7 Å². The third kappa shape index (κ3) is 3.92. The Balaban J connectivity index is 1.85. The van der Waals surface area contributed by atoms with Crippen molar-refractivity contribution in [2.24, 2.45) is 0 Å². The number of benzene rings is 3. The normalized spacial score (nSPS) is 15.5. The largest absolute Gasteiger partial charge is 0.497 e.